The van der Waals surface area contributed by atoms with Gasteiger partial charge >= 0.3 is 0 Å². The van der Waals surface area contributed by atoms with Crippen LogP contribution in [0.2, 0.25) is 0 Å². The van der Waals surface area contributed by atoms with E-state index in [1.165, 1.54) is 67.3 Å². The van der Waals surface area contributed by atoms with E-state index in [1.54, 1.807) is 12.3 Å². The fraction of sp³-hybridized carbons (Fsp3) is 0.0698. The standard InChI is InChI=1S/C43H38N3/c1-4-7-8-11-26-46-42-30-35(32-16-12-15-31(27-32)14-9-10-25-44)20-23-39(42)40-24-21-36-28-34(19-22-38(36)43(40)46)33-17-13-18-37(29-33)41(5-2)45-6-3/h4-13,15-30,44-45H,3,14H2,1-2H3/q+1/b7-4-,10-9-,11-8-,41-5-,44-25?,46-26?. The van der Waals surface area contributed by atoms with Gasteiger partial charge in [0.15, 0.2) is 6.21 Å². The molecule has 0 saturated heterocycles. The fourth-order valence-corrected chi connectivity index (χ4v) is 6.15. The van der Waals surface area contributed by atoms with Gasteiger partial charge in [-0.2, -0.15) is 4.58 Å². The Bertz CT molecular complexity index is 2100. The highest BCUT2D eigenvalue weighted by atomic mass is 15.0. The van der Waals surface area contributed by atoms with E-state index in [-0.39, 0.29) is 0 Å². The summed E-state index contributed by atoms with van der Waals surface area (Å²) >= 11 is 0. The largest absolute Gasteiger partial charge is 0.362 e. The van der Waals surface area contributed by atoms with E-state index in [0.29, 0.717) is 0 Å². The quantitative estimate of drug-likeness (QED) is 0.0921. The molecule has 5 aromatic rings. The molecule has 0 aromatic heterocycles. The van der Waals surface area contributed by atoms with Crippen molar-refractivity contribution in [3.8, 4) is 33.4 Å². The molecule has 6 rings (SSSR count). The summed E-state index contributed by atoms with van der Waals surface area (Å²) in [5.41, 5.74) is 12.9. The molecule has 0 atom stereocenters. The molecule has 0 amide bonds. The molecule has 1 heterocycles. The molecule has 0 unspecified atom stereocenters. The monoisotopic (exact) mass is 596 g/mol. The molecule has 2 N–H and O–H groups in total. The van der Waals surface area contributed by atoms with Crippen LogP contribution in [0.15, 0.2) is 152 Å². The third-order valence-corrected chi connectivity index (χ3v) is 8.33. The first-order chi connectivity index (χ1) is 22.6. The minimum Gasteiger partial charge on any atom is -0.362 e. The van der Waals surface area contributed by atoms with E-state index in [4.69, 9.17) is 5.41 Å². The number of benzene rings is 5. The lowest BCUT2D eigenvalue weighted by atomic mass is 9.95. The molecular weight excluding hydrogens is 558 g/mol. The first-order valence-corrected chi connectivity index (χ1v) is 15.7. The number of nitrogens with one attached hydrogen (secondary N) is 2. The number of fused-ring (bicyclic) bond motifs is 5. The van der Waals surface area contributed by atoms with E-state index in [1.807, 2.05) is 26.0 Å². The van der Waals surface area contributed by atoms with Crippen LogP contribution in [0.25, 0.3) is 49.9 Å². The molecule has 0 radical (unpaired) electrons. The minimum absolute atomic E-state index is 0.801. The van der Waals surface area contributed by atoms with Crippen LogP contribution in [0.4, 0.5) is 11.4 Å². The lowest BCUT2D eigenvalue weighted by Gasteiger charge is -2.10. The Morgan fingerprint density at radius 3 is 2.33 bits per heavy atom. The Kier molecular flexibility index (Phi) is 9.12. The van der Waals surface area contributed by atoms with E-state index in [2.05, 4.69) is 144 Å². The van der Waals surface area contributed by atoms with Gasteiger partial charge in [0.05, 0.1) is 16.5 Å². The Morgan fingerprint density at radius 2 is 1.52 bits per heavy atom. The molecular formula is C43H38N3+. The van der Waals surface area contributed by atoms with Gasteiger partial charge in [-0.25, -0.2) is 0 Å². The summed E-state index contributed by atoms with van der Waals surface area (Å²) in [5.74, 6) is 0. The van der Waals surface area contributed by atoms with Crippen LogP contribution in [-0.4, -0.2) is 12.4 Å². The Morgan fingerprint density at radius 1 is 0.761 bits per heavy atom. The normalized spacial score (nSPS) is 13.6. The van der Waals surface area contributed by atoms with E-state index < -0.39 is 0 Å². The van der Waals surface area contributed by atoms with Crippen LogP contribution in [0.3, 0.4) is 0 Å². The van der Waals surface area contributed by atoms with Crippen molar-refractivity contribution in [3.63, 3.8) is 0 Å². The minimum atomic E-state index is 0.801. The molecule has 3 nitrogen and oxygen atoms in total. The van der Waals surface area contributed by atoms with Gasteiger partial charge in [0, 0.05) is 24.1 Å². The summed E-state index contributed by atoms with van der Waals surface area (Å²) in [6.45, 7) is 7.89. The number of rotatable bonds is 10. The van der Waals surface area contributed by atoms with Gasteiger partial charge in [-0.15, -0.1) is 0 Å². The molecule has 46 heavy (non-hydrogen) atoms. The molecule has 3 heteroatoms. The highest BCUT2D eigenvalue weighted by Crippen LogP contribution is 2.49. The zero-order valence-electron chi connectivity index (χ0n) is 26.4. The summed E-state index contributed by atoms with van der Waals surface area (Å²) in [6.07, 6.45) is 20.2. The smallest absolute Gasteiger partial charge is 0.227 e. The number of hydrogen-bond acceptors (Lipinski definition) is 2. The second-order valence-electron chi connectivity index (χ2n) is 11.2. The molecule has 0 saturated carbocycles. The highest BCUT2D eigenvalue weighted by Gasteiger charge is 2.33. The van der Waals surface area contributed by atoms with Crippen LogP contribution >= 0.6 is 0 Å². The Labute approximate surface area is 272 Å². The number of nitrogens with zero attached hydrogens (tertiary/aromatic N) is 1. The molecule has 224 valence electrons. The van der Waals surface area contributed by atoms with Crippen LogP contribution in [0.1, 0.15) is 25.0 Å². The third kappa shape index (κ3) is 6.09. The van der Waals surface area contributed by atoms with Gasteiger partial charge in [0.1, 0.15) is 0 Å². The molecule has 0 fully saturated rings. The van der Waals surface area contributed by atoms with E-state index >= 15 is 0 Å². The second kappa shape index (κ2) is 13.9. The first kappa shape index (κ1) is 30.2. The molecule has 1 aliphatic heterocycles. The Hall–Kier alpha value is -5.80. The topological polar surface area (TPSA) is 38.9 Å². The van der Waals surface area contributed by atoms with Crippen molar-refractivity contribution in [2.45, 2.75) is 20.3 Å². The zero-order valence-corrected chi connectivity index (χ0v) is 26.4. The molecule has 0 aliphatic carbocycles. The second-order valence-corrected chi connectivity index (χ2v) is 11.2. The molecule has 0 bridgehead atoms. The van der Waals surface area contributed by atoms with Crippen molar-refractivity contribution in [1.82, 2.24) is 9.89 Å². The predicted molar refractivity (Wildman–Crippen MR) is 200 cm³/mol. The molecule has 1 aliphatic rings. The summed E-state index contributed by atoms with van der Waals surface area (Å²) in [7, 11) is 0. The van der Waals surface area contributed by atoms with Gasteiger partial charge in [-0.1, -0.05) is 97.6 Å². The van der Waals surface area contributed by atoms with E-state index in [0.717, 1.165) is 17.7 Å². The molecule has 0 spiro atoms. The zero-order chi connectivity index (χ0) is 31.9. The molecule has 5 aromatic carbocycles. The number of allylic oxidation sites excluding steroid dienone is 7. The van der Waals surface area contributed by atoms with Gasteiger partial charge in [0.2, 0.25) is 11.4 Å². The maximum Gasteiger partial charge on any atom is 0.227 e. The number of hydrogen-bond donors (Lipinski definition) is 2. The van der Waals surface area contributed by atoms with Gasteiger partial charge in [-0.05, 0) is 102 Å². The predicted octanol–water partition coefficient (Wildman–Crippen LogP) is 11.0. The SMILES string of the molecule is C=CN/C(=C\C)c1cccc(-c2ccc3c4c(ccc3c2)-c2ccc(-c3cccc(C/C=C\C=N)c3)cc2[N+]4=C/C=C\C=C/C)c1. The van der Waals surface area contributed by atoms with Crippen LogP contribution in [0, 0.1) is 5.41 Å². The lowest BCUT2D eigenvalue weighted by molar-refractivity contribution is 1.15. The van der Waals surface area contributed by atoms with Crippen molar-refractivity contribution in [2.75, 3.05) is 0 Å². The average Bonchev–Trinajstić information content (AvgIpc) is 3.42. The van der Waals surface area contributed by atoms with Crippen LogP contribution in [-0.2, 0) is 6.42 Å². The summed E-state index contributed by atoms with van der Waals surface area (Å²) in [4.78, 5) is 0. The van der Waals surface area contributed by atoms with Crippen molar-refractivity contribution in [2.24, 2.45) is 0 Å². The lowest BCUT2D eigenvalue weighted by Crippen LogP contribution is -2.02. The maximum atomic E-state index is 7.27. The Balaban J connectivity index is 1.44. The maximum absolute atomic E-state index is 7.27. The van der Waals surface area contributed by atoms with Crippen molar-refractivity contribution in [1.29, 1.82) is 5.41 Å². The summed E-state index contributed by atoms with van der Waals surface area (Å²) in [5, 5.41) is 12.9. The van der Waals surface area contributed by atoms with Gasteiger partial charge < -0.3 is 10.7 Å². The van der Waals surface area contributed by atoms with Gasteiger partial charge in [0.25, 0.3) is 0 Å². The van der Waals surface area contributed by atoms with Crippen LogP contribution in [0.5, 0.6) is 0 Å². The summed E-state index contributed by atoms with van der Waals surface area (Å²) in [6, 6.07) is 35.4. The van der Waals surface area contributed by atoms with Crippen LogP contribution < -0.4 is 9.89 Å². The summed E-state index contributed by atoms with van der Waals surface area (Å²) < 4.78 is 2.34. The average molecular weight is 597 g/mol. The van der Waals surface area contributed by atoms with E-state index in [9.17, 15) is 0 Å². The fourth-order valence-electron chi connectivity index (χ4n) is 6.15. The van der Waals surface area contributed by atoms with Crippen molar-refractivity contribution in [3.05, 3.63) is 163 Å². The van der Waals surface area contributed by atoms with Gasteiger partial charge in [-0.3, -0.25) is 0 Å². The highest BCUT2D eigenvalue weighted by molar-refractivity contribution is 6.10. The first-order valence-electron chi connectivity index (χ1n) is 15.7. The third-order valence-electron chi connectivity index (χ3n) is 8.33. The van der Waals surface area contributed by atoms with Crippen molar-refractivity contribution >= 4 is 40.3 Å². The van der Waals surface area contributed by atoms with Crippen molar-refractivity contribution < 1.29 is 0 Å².